The lowest BCUT2D eigenvalue weighted by atomic mass is 9.72. The van der Waals surface area contributed by atoms with E-state index in [0.29, 0.717) is 12.3 Å². The normalized spacial score (nSPS) is 21.4. The van der Waals surface area contributed by atoms with Crippen molar-refractivity contribution in [2.45, 2.75) is 91.6 Å². The fraction of sp³-hybridized carbons (Fsp3) is 0.562. The molecule has 220 valence electrons. The Morgan fingerprint density at radius 2 is 1.60 bits per heavy atom. The van der Waals surface area contributed by atoms with Crippen LogP contribution < -0.4 is 14.8 Å². The number of carbonyl (C=O) groups is 2. The molecule has 1 aliphatic heterocycles. The first-order chi connectivity index (χ1) is 18.6. The number of carboxylic acid groups (broad SMARTS) is 1. The fourth-order valence-corrected chi connectivity index (χ4v) is 5.79. The van der Waals surface area contributed by atoms with Gasteiger partial charge in [0.1, 0.15) is 17.5 Å². The van der Waals surface area contributed by atoms with Crippen LogP contribution in [-0.4, -0.2) is 54.5 Å². The van der Waals surface area contributed by atoms with Gasteiger partial charge in [-0.2, -0.15) is 0 Å². The average Bonchev–Trinajstić information content (AvgIpc) is 3.22. The smallest absolute Gasteiger partial charge is 0.411 e. The van der Waals surface area contributed by atoms with Gasteiger partial charge in [0.05, 0.1) is 26.4 Å². The molecule has 1 saturated heterocycles. The van der Waals surface area contributed by atoms with Crippen LogP contribution in [0.4, 0.5) is 4.79 Å². The van der Waals surface area contributed by atoms with Gasteiger partial charge in [-0.1, -0.05) is 71.9 Å². The minimum absolute atomic E-state index is 0.0614. The van der Waals surface area contributed by atoms with Crippen molar-refractivity contribution in [3.8, 4) is 11.5 Å². The van der Waals surface area contributed by atoms with Gasteiger partial charge >= 0.3 is 12.1 Å². The predicted octanol–water partition coefficient (Wildman–Crippen LogP) is 6.18. The Labute approximate surface area is 239 Å². The summed E-state index contributed by atoms with van der Waals surface area (Å²) >= 11 is 0. The molecule has 0 unspecified atom stereocenters. The maximum atomic E-state index is 13.7. The number of hydrogen-bond donors (Lipinski definition) is 2. The molecule has 1 fully saturated rings. The standard InChI is InChI=1S/C32H46N2O6/c1-19(2)40-30(37)34-27(22-13-11-12-14-24(22)39-10)26(25(32(6,7)8)28(34)29(35)36)33-18-20-17-21(31(3,4)5)15-16-23(20)38-9/h11-17,19,25-28,33H,18H2,1-10H3,(H,35,36)/t25-,26-,27-,28-/m0/s1. The van der Waals surface area contributed by atoms with Gasteiger partial charge in [-0.3, -0.25) is 4.90 Å². The predicted molar refractivity (Wildman–Crippen MR) is 156 cm³/mol. The maximum absolute atomic E-state index is 13.7. The quantitative estimate of drug-likeness (QED) is 0.402. The van der Waals surface area contributed by atoms with Gasteiger partial charge in [0.25, 0.3) is 0 Å². The molecule has 4 atom stereocenters. The monoisotopic (exact) mass is 554 g/mol. The Kier molecular flexibility index (Phi) is 9.45. The molecule has 0 spiro atoms. The number of benzene rings is 2. The topological polar surface area (TPSA) is 97.3 Å². The average molecular weight is 555 g/mol. The van der Waals surface area contributed by atoms with Crippen LogP contribution in [0.15, 0.2) is 42.5 Å². The maximum Gasteiger partial charge on any atom is 0.411 e. The second-order valence-corrected chi connectivity index (χ2v) is 12.9. The molecule has 0 radical (unpaired) electrons. The van der Waals surface area contributed by atoms with E-state index in [1.807, 2.05) is 51.1 Å². The number of rotatable bonds is 8. The highest BCUT2D eigenvalue weighted by Crippen LogP contribution is 2.50. The van der Waals surface area contributed by atoms with E-state index in [1.165, 1.54) is 4.90 Å². The van der Waals surface area contributed by atoms with Crippen molar-refractivity contribution >= 4 is 12.1 Å². The molecule has 2 aromatic rings. The highest BCUT2D eigenvalue weighted by Gasteiger charge is 2.59. The second-order valence-electron chi connectivity index (χ2n) is 12.9. The van der Waals surface area contributed by atoms with E-state index in [9.17, 15) is 14.7 Å². The Hall–Kier alpha value is -3.26. The second kappa shape index (κ2) is 12.1. The molecule has 0 aliphatic carbocycles. The number of ether oxygens (including phenoxy) is 3. The van der Waals surface area contributed by atoms with Crippen LogP contribution >= 0.6 is 0 Å². The minimum atomic E-state index is -1.12. The zero-order valence-electron chi connectivity index (χ0n) is 25.6. The van der Waals surface area contributed by atoms with Crippen LogP contribution in [0, 0.1) is 11.3 Å². The number of aliphatic carboxylic acids is 1. The SMILES string of the molecule is COc1ccc(C(C)(C)C)cc1CN[C@H]1[C@H](C(C)(C)C)[C@@H](C(=O)O)N(C(=O)OC(C)C)[C@H]1c1ccccc1OC. The van der Waals surface area contributed by atoms with Crippen molar-refractivity contribution in [2.24, 2.45) is 11.3 Å². The van der Waals surface area contributed by atoms with E-state index in [0.717, 1.165) is 22.4 Å². The number of hydrogen-bond acceptors (Lipinski definition) is 6. The van der Waals surface area contributed by atoms with Crippen molar-refractivity contribution in [3.05, 3.63) is 59.2 Å². The van der Waals surface area contributed by atoms with Gasteiger partial charge in [-0.05, 0) is 42.4 Å². The molecule has 8 heteroatoms. The number of nitrogens with one attached hydrogen (secondary N) is 1. The third-order valence-corrected chi connectivity index (χ3v) is 7.60. The van der Waals surface area contributed by atoms with Crippen molar-refractivity contribution in [1.29, 1.82) is 0 Å². The molecule has 0 bridgehead atoms. The van der Waals surface area contributed by atoms with Gasteiger partial charge in [0, 0.05) is 29.6 Å². The zero-order valence-corrected chi connectivity index (χ0v) is 25.6. The molecule has 2 N–H and O–H groups in total. The number of methoxy groups -OCH3 is 2. The summed E-state index contributed by atoms with van der Waals surface area (Å²) in [6.07, 6.45) is -1.08. The third kappa shape index (κ3) is 6.54. The molecular formula is C32H46N2O6. The first-order valence-electron chi connectivity index (χ1n) is 13.9. The van der Waals surface area contributed by atoms with Gasteiger partial charge in [0.15, 0.2) is 0 Å². The number of para-hydroxylation sites is 1. The lowest BCUT2D eigenvalue weighted by Gasteiger charge is -2.35. The summed E-state index contributed by atoms with van der Waals surface area (Å²) in [6.45, 7) is 16.4. The lowest BCUT2D eigenvalue weighted by Crippen LogP contribution is -2.48. The van der Waals surface area contributed by atoms with Gasteiger partial charge < -0.3 is 24.6 Å². The van der Waals surface area contributed by atoms with Crippen LogP contribution in [0.25, 0.3) is 0 Å². The van der Waals surface area contributed by atoms with Crippen LogP contribution in [0.1, 0.15) is 78.1 Å². The van der Waals surface area contributed by atoms with Crippen molar-refractivity contribution in [2.75, 3.05) is 14.2 Å². The molecule has 0 saturated carbocycles. The highest BCUT2D eigenvalue weighted by molar-refractivity contribution is 5.82. The molecule has 40 heavy (non-hydrogen) atoms. The summed E-state index contributed by atoms with van der Waals surface area (Å²) in [6, 6.07) is 11.4. The Bertz CT molecular complexity index is 1200. The van der Waals surface area contributed by atoms with Gasteiger partial charge in [-0.15, -0.1) is 0 Å². The van der Waals surface area contributed by atoms with Gasteiger partial charge in [-0.25, -0.2) is 9.59 Å². The Morgan fingerprint density at radius 3 is 2.12 bits per heavy atom. The third-order valence-electron chi connectivity index (χ3n) is 7.60. The lowest BCUT2D eigenvalue weighted by molar-refractivity contribution is -0.144. The first-order valence-corrected chi connectivity index (χ1v) is 13.9. The van der Waals surface area contributed by atoms with E-state index < -0.39 is 47.6 Å². The van der Waals surface area contributed by atoms with E-state index in [-0.39, 0.29) is 5.41 Å². The number of likely N-dealkylation sites (tertiary alicyclic amines) is 1. The summed E-state index contributed by atoms with van der Waals surface area (Å²) < 4.78 is 17.0. The number of carboxylic acids is 1. The van der Waals surface area contributed by atoms with E-state index in [2.05, 4.69) is 38.2 Å². The number of carbonyl (C=O) groups excluding carboxylic acids is 1. The van der Waals surface area contributed by atoms with E-state index in [1.54, 1.807) is 28.1 Å². The van der Waals surface area contributed by atoms with Gasteiger partial charge in [0.2, 0.25) is 0 Å². The Morgan fingerprint density at radius 1 is 0.975 bits per heavy atom. The fourth-order valence-electron chi connectivity index (χ4n) is 5.79. The summed E-state index contributed by atoms with van der Waals surface area (Å²) in [5.74, 6) is -0.216. The minimum Gasteiger partial charge on any atom is -0.496 e. The molecule has 1 amide bonds. The number of amides is 1. The highest BCUT2D eigenvalue weighted by atomic mass is 16.6. The molecule has 1 aliphatic rings. The van der Waals surface area contributed by atoms with E-state index >= 15 is 0 Å². The van der Waals surface area contributed by atoms with Crippen LogP contribution in [0.3, 0.4) is 0 Å². The van der Waals surface area contributed by atoms with Crippen LogP contribution in [-0.2, 0) is 21.5 Å². The summed E-state index contributed by atoms with van der Waals surface area (Å²) in [5, 5.41) is 14.3. The van der Waals surface area contributed by atoms with Crippen LogP contribution in [0.5, 0.6) is 11.5 Å². The van der Waals surface area contributed by atoms with Crippen molar-refractivity contribution in [3.63, 3.8) is 0 Å². The zero-order chi connectivity index (χ0) is 30.0. The first kappa shape index (κ1) is 31.3. The van der Waals surface area contributed by atoms with Crippen molar-refractivity contribution < 1.29 is 28.9 Å². The molecule has 0 aromatic heterocycles. The largest absolute Gasteiger partial charge is 0.496 e. The molecule has 1 heterocycles. The molecular weight excluding hydrogens is 508 g/mol. The summed E-state index contributed by atoms with van der Waals surface area (Å²) in [5.41, 5.74) is 2.29. The number of nitrogens with zero attached hydrogens (tertiary/aromatic N) is 1. The van der Waals surface area contributed by atoms with E-state index in [4.69, 9.17) is 14.2 Å². The molecule has 3 rings (SSSR count). The Balaban J connectivity index is 2.21. The van der Waals surface area contributed by atoms with Crippen LogP contribution in [0.2, 0.25) is 0 Å². The molecule has 2 aromatic carbocycles. The summed E-state index contributed by atoms with van der Waals surface area (Å²) in [4.78, 5) is 28.0. The summed E-state index contributed by atoms with van der Waals surface area (Å²) in [7, 11) is 3.22. The molecule has 8 nitrogen and oxygen atoms in total. The van der Waals surface area contributed by atoms with Crippen molar-refractivity contribution in [1.82, 2.24) is 10.2 Å².